The van der Waals surface area contributed by atoms with Crippen LogP contribution in [0.5, 0.6) is 11.5 Å². The highest BCUT2D eigenvalue weighted by molar-refractivity contribution is 7.92. The van der Waals surface area contributed by atoms with Gasteiger partial charge in [0.2, 0.25) is 6.10 Å². The summed E-state index contributed by atoms with van der Waals surface area (Å²) in [6.07, 6.45) is -0.801. The van der Waals surface area contributed by atoms with E-state index in [1.54, 1.807) is 24.3 Å². The van der Waals surface area contributed by atoms with E-state index in [4.69, 9.17) is 9.47 Å². The molecule has 2 N–H and O–H groups in total. The van der Waals surface area contributed by atoms with Crippen LogP contribution in [-0.4, -0.2) is 27.0 Å². The number of ether oxygens (including phenoxy) is 2. The summed E-state index contributed by atoms with van der Waals surface area (Å²) in [6.45, 7) is 3.88. The Bertz CT molecular complexity index is 1220. The van der Waals surface area contributed by atoms with E-state index in [2.05, 4.69) is 10.0 Å². The first kappa shape index (κ1) is 20.7. The van der Waals surface area contributed by atoms with Gasteiger partial charge in [-0.05, 0) is 61.9 Å². The van der Waals surface area contributed by atoms with Crippen LogP contribution in [0.4, 0.5) is 11.4 Å². The van der Waals surface area contributed by atoms with Crippen LogP contribution in [0, 0.1) is 13.8 Å². The summed E-state index contributed by atoms with van der Waals surface area (Å²) in [4.78, 5) is 12.6. The van der Waals surface area contributed by atoms with E-state index in [0.717, 1.165) is 11.1 Å². The maximum absolute atomic E-state index is 12.7. The van der Waals surface area contributed by atoms with E-state index < -0.39 is 16.1 Å². The van der Waals surface area contributed by atoms with Crippen LogP contribution in [0.25, 0.3) is 0 Å². The molecule has 0 bridgehead atoms. The Kier molecular flexibility index (Phi) is 5.56. The molecule has 0 saturated heterocycles. The molecule has 0 radical (unpaired) electrons. The SMILES string of the molecule is Cc1ccc(NS(=O)(=O)c2ccc(NC(=O)[C@H]3COc4ccccc4O3)cc2)c(C)c1. The first-order valence-corrected chi connectivity index (χ1v) is 11.2. The number of aryl methyl sites for hydroxylation is 2. The van der Waals surface area contributed by atoms with Crippen molar-refractivity contribution < 1.29 is 22.7 Å². The zero-order valence-corrected chi connectivity index (χ0v) is 17.9. The van der Waals surface area contributed by atoms with Gasteiger partial charge >= 0.3 is 0 Å². The van der Waals surface area contributed by atoms with Gasteiger partial charge in [-0.3, -0.25) is 9.52 Å². The molecule has 1 aliphatic heterocycles. The molecule has 3 aromatic carbocycles. The minimum Gasteiger partial charge on any atom is -0.485 e. The summed E-state index contributed by atoms with van der Waals surface area (Å²) in [5.74, 6) is 0.726. The lowest BCUT2D eigenvalue weighted by Crippen LogP contribution is -2.40. The maximum atomic E-state index is 12.7. The molecule has 7 nitrogen and oxygen atoms in total. The molecule has 1 heterocycles. The first-order chi connectivity index (χ1) is 14.8. The van der Waals surface area contributed by atoms with Crippen LogP contribution in [0.3, 0.4) is 0 Å². The molecule has 1 atom stereocenters. The van der Waals surface area contributed by atoms with Gasteiger partial charge in [0.15, 0.2) is 11.5 Å². The number of nitrogens with one attached hydrogen (secondary N) is 2. The second kappa shape index (κ2) is 8.31. The molecule has 0 aromatic heterocycles. The second-order valence-corrected chi connectivity index (χ2v) is 8.98. The number of sulfonamides is 1. The molecule has 160 valence electrons. The van der Waals surface area contributed by atoms with Gasteiger partial charge in [0.1, 0.15) is 6.61 Å². The standard InChI is InChI=1S/C23H22N2O5S/c1-15-7-12-19(16(2)13-15)25-31(27,28)18-10-8-17(9-11-18)24-23(26)22-14-29-20-5-3-4-6-21(20)30-22/h3-13,22,25H,14H2,1-2H3,(H,24,26)/t22-/m1/s1. The van der Waals surface area contributed by atoms with Crippen LogP contribution in [0.15, 0.2) is 71.6 Å². The summed E-state index contributed by atoms with van der Waals surface area (Å²) < 4.78 is 39.2. The summed E-state index contributed by atoms with van der Waals surface area (Å²) in [5.41, 5.74) is 2.87. The van der Waals surface area contributed by atoms with Crippen LogP contribution in [-0.2, 0) is 14.8 Å². The number of anilines is 2. The molecule has 1 amide bonds. The lowest BCUT2D eigenvalue weighted by atomic mass is 10.1. The number of hydrogen-bond donors (Lipinski definition) is 2. The largest absolute Gasteiger partial charge is 0.485 e. The Morgan fingerprint density at radius 2 is 1.68 bits per heavy atom. The third-order valence-electron chi connectivity index (χ3n) is 4.86. The van der Waals surface area contributed by atoms with Gasteiger partial charge in [-0.1, -0.05) is 29.8 Å². The number of carbonyl (C=O) groups is 1. The number of rotatable bonds is 5. The number of hydrogen-bond acceptors (Lipinski definition) is 5. The van der Waals surface area contributed by atoms with Crippen molar-refractivity contribution in [3.05, 3.63) is 77.9 Å². The van der Waals surface area contributed by atoms with E-state index in [1.165, 1.54) is 24.3 Å². The monoisotopic (exact) mass is 438 g/mol. The molecular formula is C23H22N2O5S. The summed E-state index contributed by atoms with van der Waals surface area (Å²) >= 11 is 0. The fourth-order valence-corrected chi connectivity index (χ4v) is 4.35. The molecule has 0 fully saturated rings. The Balaban J connectivity index is 1.42. The van der Waals surface area contributed by atoms with Crippen LogP contribution >= 0.6 is 0 Å². The van der Waals surface area contributed by atoms with Gasteiger partial charge in [-0.2, -0.15) is 0 Å². The highest BCUT2D eigenvalue weighted by atomic mass is 32.2. The molecule has 0 saturated carbocycles. The van der Waals surface area contributed by atoms with Crippen molar-refractivity contribution in [1.29, 1.82) is 0 Å². The number of benzene rings is 3. The number of fused-ring (bicyclic) bond motifs is 1. The Morgan fingerprint density at radius 3 is 2.39 bits per heavy atom. The molecular weight excluding hydrogens is 416 g/mol. The zero-order valence-electron chi connectivity index (χ0n) is 17.1. The van der Waals surface area contributed by atoms with Crippen molar-refractivity contribution in [2.75, 3.05) is 16.6 Å². The fraction of sp³-hybridized carbons (Fsp3) is 0.174. The summed E-state index contributed by atoms with van der Waals surface area (Å²) in [5, 5.41) is 2.73. The van der Waals surface area contributed by atoms with Crippen LogP contribution in [0.2, 0.25) is 0 Å². The minimum atomic E-state index is -3.76. The smallest absolute Gasteiger partial charge is 0.269 e. The number of carbonyl (C=O) groups excluding carboxylic acids is 1. The predicted octanol–water partition coefficient (Wildman–Crippen LogP) is 3.88. The highest BCUT2D eigenvalue weighted by Crippen LogP contribution is 2.31. The lowest BCUT2D eigenvalue weighted by molar-refractivity contribution is -0.125. The van der Waals surface area contributed by atoms with E-state index in [1.807, 2.05) is 32.0 Å². The quantitative estimate of drug-likeness (QED) is 0.631. The van der Waals surface area contributed by atoms with Crippen molar-refractivity contribution in [1.82, 2.24) is 0 Å². The van der Waals surface area contributed by atoms with Gasteiger partial charge in [0.25, 0.3) is 15.9 Å². The molecule has 0 unspecified atom stereocenters. The predicted molar refractivity (Wildman–Crippen MR) is 118 cm³/mol. The molecule has 0 spiro atoms. The first-order valence-electron chi connectivity index (χ1n) is 9.71. The maximum Gasteiger partial charge on any atom is 0.269 e. The topological polar surface area (TPSA) is 93.7 Å². The Hall–Kier alpha value is -3.52. The zero-order chi connectivity index (χ0) is 22.0. The number of para-hydroxylation sites is 2. The minimum absolute atomic E-state index is 0.0924. The second-order valence-electron chi connectivity index (χ2n) is 7.30. The van der Waals surface area contributed by atoms with E-state index in [-0.39, 0.29) is 17.4 Å². The van der Waals surface area contributed by atoms with Gasteiger partial charge in [-0.15, -0.1) is 0 Å². The molecule has 8 heteroatoms. The fourth-order valence-electron chi connectivity index (χ4n) is 3.22. The van der Waals surface area contributed by atoms with Crippen molar-refractivity contribution in [3.8, 4) is 11.5 Å². The third-order valence-corrected chi connectivity index (χ3v) is 6.24. The van der Waals surface area contributed by atoms with Crippen molar-refractivity contribution in [2.24, 2.45) is 0 Å². The molecule has 1 aliphatic rings. The van der Waals surface area contributed by atoms with Crippen LogP contribution < -0.4 is 19.5 Å². The van der Waals surface area contributed by atoms with Crippen molar-refractivity contribution in [3.63, 3.8) is 0 Å². The van der Waals surface area contributed by atoms with Crippen molar-refractivity contribution in [2.45, 2.75) is 24.8 Å². The van der Waals surface area contributed by atoms with Gasteiger partial charge in [0, 0.05) is 5.69 Å². The summed E-state index contributed by atoms with van der Waals surface area (Å²) in [6, 6.07) is 18.6. The Morgan fingerprint density at radius 1 is 0.968 bits per heavy atom. The normalized spacial score (nSPS) is 15.2. The summed E-state index contributed by atoms with van der Waals surface area (Å²) in [7, 11) is -3.76. The van der Waals surface area contributed by atoms with Crippen molar-refractivity contribution >= 4 is 27.3 Å². The average molecular weight is 439 g/mol. The van der Waals surface area contributed by atoms with E-state index in [0.29, 0.717) is 22.9 Å². The lowest BCUT2D eigenvalue weighted by Gasteiger charge is -2.25. The average Bonchev–Trinajstić information content (AvgIpc) is 2.75. The van der Waals surface area contributed by atoms with E-state index >= 15 is 0 Å². The third kappa shape index (κ3) is 4.64. The number of amides is 1. The molecule has 0 aliphatic carbocycles. The van der Waals surface area contributed by atoms with Gasteiger partial charge in [-0.25, -0.2) is 8.42 Å². The van der Waals surface area contributed by atoms with Gasteiger partial charge in [0.05, 0.1) is 10.6 Å². The Labute approximate surface area is 181 Å². The van der Waals surface area contributed by atoms with Gasteiger partial charge < -0.3 is 14.8 Å². The highest BCUT2D eigenvalue weighted by Gasteiger charge is 2.27. The molecule has 31 heavy (non-hydrogen) atoms. The van der Waals surface area contributed by atoms with Crippen LogP contribution in [0.1, 0.15) is 11.1 Å². The molecule has 4 rings (SSSR count). The molecule has 3 aromatic rings. The van der Waals surface area contributed by atoms with E-state index in [9.17, 15) is 13.2 Å².